The fourth-order valence-corrected chi connectivity index (χ4v) is 1.38. The summed E-state index contributed by atoms with van der Waals surface area (Å²) in [5.74, 6) is -0.539. The minimum Gasteiger partial charge on any atom is -0.468 e. The molecule has 6 heteroatoms. The van der Waals surface area contributed by atoms with Gasteiger partial charge in [-0.2, -0.15) is 0 Å². The molecule has 0 saturated carbocycles. The quantitative estimate of drug-likeness (QED) is 0.714. The molecule has 0 aromatic carbocycles. The summed E-state index contributed by atoms with van der Waals surface area (Å²) in [4.78, 5) is 22.0. The summed E-state index contributed by atoms with van der Waals surface area (Å²) >= 11 is 0. The Morgan fingerprint density at radius 2 is 2.13 bits per heavy atom. The van der Waals surface area contributed by atoms with Gasteiger partial charge in [0.25, 0.3) is 0 Å². The van der Waals surface area contributed by atoms with Crippen LogP contribution >= 0.6 is 12.4 Å². The maximum atomic E-state index is 11.1. The number of esters is 2. The van der Waals surface area contributed by atoms with Crippen LogP contribution < -0.4 is 5.32 Å². The molecule has 0 aliphatic carbocycles. The molecule has 1 heterocycles. The van der Waals surface area contributed by atoms with Gasteiger partial charge in [-0.1, -0.05) is 6.92 Å². The molecule has 0 aromatic rings. The van der Waals surface area contributed by atoms with Gasteiger partial charge in [-0.25, -0.2) is 0 Å². The molecule has 1 N–H and O–H groups in total. The average Bonchev–Trinajstić information content (AvgIpc) is 2.65. The van der Waals surface area contributed by atoms with Gasteiger partial charge in [0.2, 0.25) is 0 Å². The van der Waals surface area contributed by atoms with E-state index in [0.717, 1.165) is 0 Å². The lowest BCUT2D eigenvalue weighted by molar-refractivity contribution is -0.149. The summed E-state index contributed by atoms with van der Waals surface area (Å²) in [5.41, 5.74) is 0. The third-order valence-corrected chi connectivity index (χ3v) is 2.16. The lowest BCUT2D eigenvalue weighted by atomic mass is 10.2. The molecule has 5 nitrogen and oxygen atoms in total. The zero-order valence-electron chi connectivity index (χ0n) is 8.82. The van der Waals surface area contributed by atoms with E-state index in [0.29, 0.717) is 19.4 Å². The number of ether oxygens (including phenoxy) is 2. The highest BCUT2D eigenvalue weighted by Crippen LogP contribution is 2.12. The number of rotatable bonds is 3. The van der Waals surface area contributed by atoms with Gasteiger partial charge in [0.05, 0.1) is 7.11 Å². The maximum absolute atomic E-state index is 11.1. The minimum atomic E-state index is -0.338. The van der Waals surface area contributed by atoms with Gasteiger partial charge in [-0.3, -0.25) is 9.59 Å². The normalized spacial score (nSPS) is 24.1. The molecule has 1 rings (SSSR count). The standard InChI is InChI=1S/C9H15NO4.ClH/c1-3-8(11)14-6-4-7(10-5-6)9(12)13-2;/h6-7,10H,3-5H2,1-2H3;1H/t6-,7-;/m0./s1. The van der Waals surface area contributed by atoms with E-state index >= 15 is 0 Å². The maximum Gasteiger partial charge on any atom is 0.323 e. The van der Waals surface area contributed by atoms with Crippen LogP contribution in [0.15, 0.2) is 0 Å². The van der Waals surface area contributed by atoms with Gasteiger partial charge >= 0.3 is 11.9 Å². The van der Waals surface area contributed by atoms with Gasteiger partial charge in [-0.05, 0) is 0 Å². The lowest BCUT2D eigenvalue weighted by Gasteiger charge is -2.09. The van der Waals surface area contributed by atoms with Gasteiger partial charge < -0.3 is 14.8 Å². The van der Waals surface area contributed by atoms with E-state index in [4.69, 9.17) is 4.74 Å². The first-order valence-electron chi connectivity index (χ1n) is 4.68. The molecule has 0 amide bonds. The van der Waals surface area contributed by atoms with E-state index in [9.17, 15) is 9.59 Å². The van der Waals surface area contributed by atoms with Crippen LogP contribution in [0.2, 0.25) is 0 Å². The molecule has 0 spiro atoms. The third-order valence-electron chi connectivity index (χ3n) is 2.16. The van der Waals surface area contributed by atoms with Gasteiger partial charge in [0, 0.05) is 19.4 Å². The Hall–Kier alpha value is -0.810. The van der Waals surface area contributed by atoms with Crippen molar-refractivity contribution in [1.29, 1.82) is 0 Å². The summed E-state index contributed by atoms with van der Waals surface area (Å²) in [6.45, 7) is 2.26. The van der Waals surface area contributed by atoms with E-state index < -0.39 is 0 Å². The van der Waals surface area contributed by atoms with Crippen LogP contribution in [0, 0.1) is 0 Å². The van der Waals surface area contributed by atoms with Crippen LogP contribution in [-0.2, 0) is 19.1 Å². The molecule has 0 aromatic heterocycles. The predicted molar refractivity (Wildman–Crippen MR) is 55.8 cm³/mol. The molecule has 0 radical (unpaired) electrons. The third kappa shape index (κ3) is 4.05. The number of methoxy groups -OCH3 is 1. The van der Waals surface area contributed by atoms with Crippen LogP contribution in [0.3, 0.4) is 0 Å². The number of carbonyl (C=O) groups is 2. The Bertz CT molecular complexity index is 234. The summed E-state index contributed by atoms with van der Waals surface area (Å²) in [6, 6.07) is -0.338. The van der Waals surface area contributed by atoms with Crippen molar-refractivity contribution in [3.63, 3.8) is 0 Å². The highest BCUT2D eigenvalue weighted by molar-refractivity contribution is 5.85. The first-order valence-corrected chi connectivity index (χ1v) is 4.68. The summed E-state index contributed by atoms with van der Waals surface area (Å²) in [7, 11) is 1.34. The topological polar surface area (TPSA) is 64.6 Å². The number of halogens is 1. The number of carbonyl (C=O) groups excluding carboxylic acids is 2. The number of hydrogen-bond donors (Lipinski definition) is 1. The van der Waals surface area contributed by atoms with E-state index in [1.54, 1.807) is 6.92 Å². The van der Waals surface area contributed by atoms with Gasteiger partial charge in [0.15, 0.2) is 0 Å². The molecule has 1 aliphatic heterocycles. The highest BCUT2D eigenvalue weighted by Gasteiger charge is 2.31. The second-order valence-electron chi connectivity index (χ2n) is 3.19. The Labute approximate surface area is 94.9 Å². The van der Waals surface area contributed by atoms with Crippen LogP contribution in [0.4, 0.5) is 0 Å². The molecular formula is C9H16ClNO4. The zero-order valence-corrected chi connectivity index (χ0v) is 9.63. The van der Waals surface area contributed by atoms with E-state index in [1.807, 2.05) is 0 Å². The first-order chi connectivity index (χ1) is 6.67. The van der Waals surface area contributed by atoms with Crippen molar-refractivity contribution >= 4 is 24.3 Å². The molecule has 2 atom stereocenters. The molecule has 0 bridgehead atoms. The second-order valence-corrected chi connectivity index (χ2v) is 3.19. The number of hydrogen-bond acceptors (Lipinski definition) is 5. The Balaban J connectivity index is 0.00000196. The van der Waals surface area contributed by atoms with Crippen molar-refractivity contribution in [2.75, 3.05) is 13.7 Å². The zero-order chi connectivity index (χ0) is 10.6. The van der Waals surface area contributed by atoms with Crippen LogP contribution in [0.1, 0.15) is 19.8 Å². The summed E-state index contributed by atoms with van der Waals surface area (Å²) in [5, 5.41) is 2.94. The SMILES string of the molecule is CCC(=O)O[C@@H]1CN[C@H](C(=O)OC)C1.Cl. The lowest BCUT2D eigenvalue weighted by Crippen LogP contribution is -2.31. The fourth-order valence-electron chi connectivity index (χ4n) is 1.38. The minimum absolute atomic E-state index is 0. The Kier molecular flexibility index (Phi) is 6.27. The monoisotopic (exact) mass is 237 g/mol. The molecule has 88 valence electrons. The number of nitrogens with one attached hydrogen (secondary N) is 1. The van der Waals surface area contributed by atoms with Gasteiger partial charge in [-0.15, -0.1) is 12.4 Å². The second kappa shape index (κ2) is 6.63. The van der Waals surface area contributed by atoms with Crippen LogP contribution in [0.25, 0.3) is 0 Å². The van der Waals surface area contributed by atoms with Crippen molar-refractivity contribution < 1.29 is 19.1 Å². The highest BCUT2D eigenvalue weighted by atomic mass is 35.5. The van der Waals surface area contributed by atoms with Crippen molar-refractivity contribution in [3.8, 4) is 0 Å². The van der Waals surface area contributed by atoms with Crippen LogP contribution in [-0.4, -0.2) is 37.7 Å². The van der Waals surface area contributed by atoms with Crippen molar-refractivity contribution in [3.05, 3.63) is 0 Å². The largest absolute Gasteiger partial charge is 0.468 e. The summed E-state index contributed by atoms with van der Waals surface area (Å²) in [6.07, 6.45) is 0.657. The Morgan fingerprint density at radius 1 is 1.47 bits per heavy atom. The van der Waals surface area contributed by atoms with Gasteiger partial charge in [0.1, 0.15) is 12.1 Å². The molecule has 1 saturated heterocycles. The molecule has 1 fully saturated rings. The summed E-state index contributed by atoms with van der Waals surface area (Å²) < 4.78 is 9.65. The van der Waals surface area contributed by atoms with Crippen LogP contribution in [0.5, 0.6) is 0 Å². The Morgan fingerprint density at radius 3 is 2.67 bits per heavy atom. The molecule has 15 heavy (non-hydrogen) atoms. The van der Waals surface area contributed by atoms with Crippen molar-refractivity contribution in [1.82, 2.24) is 5.32 Å². The van der Waals surface area contributed by atoms with Crippen molar-refractivity contribution in [2.45, 2.75) is 31.9 Å². The van der Waals surface area contributed by atoms with E-state index in [-0.39, 0.29) is 36.5 Å². The first kappa shape index (κ1) is 14.2. The molecule has 1 aliphatic rings. The van der Waals surface area contributed by atoms with E-state index in [1.165, 1.54) is 7.11 Å². The molecular weight excluding hydrogens is 222 g/mol. The van der Waals surface area contributed by atoms with Crippen molar-refractivity contribution in [2.24, 2.45) is 0 Å². The van der Waals surface area contributed by atoms with E-state index in [2.05, 4.69) is 10.1 Å². The smallest absolute Gasteiger partial charge is 0.323 e. The fraction of sp³-hybridized carbons (Fsp3) is 0.778. The predicted octanol–water partition coefficient (Wildman–Crippen LogP) is 0.265. The average molecular weight is 238 g/mol. The molecule has 0 unspecified atom stereocenters.